The van der Waals surface area contributed by atoms with E-state index in [9.17, 15) is 9.59 Å². The van der Waals surface area contributed by atoms with Crippen LogP contribution in [-0.4, -0.2) is 47.9 Å². The first-order chi connectivity index (χ1) is 11.6. The highest BCUT2D eigenvalue weighted by Crippen LogP contribution is 2.21. The van der Waals surface area contributed by atoms with Crippen LogP contribution in [0.2, 0.25) is 0 Å². The third-order valence-electron chi connectivity index (χ3n) is 4.81. The van der Waals surface area contributed by atoms with Crippen molar-refractivity contribution in [1.82, 2.24) is 15.2 Å². The molecule has 24 heavy (non-hydrogen) atoms. The van der Waals surface area contributed by atoms with Gasteiger partial charge in [0.1, 0.15) is 5.69 Å². The maximum absolute atomic E-state index is 12.4. The summed E-state index contributed by atoms with van der Waals surface area (Å²) in [5, 5.41) is 4.04. The number of carbonyl (C=O) groups excluding carboxylic acids is 2. The highest BCUT2D eigenvalue weighted by atomic mass is 16.2. The average Bonchev–Trinajstić information content (AvgIpc) is 2.92. The maximum Gasteiger partial charge on any atom is 0.268 e. The minimum Gasteiger partial charge on any atom is -0.369 e. The van der Waals surface area contributed by atoms with Crippen molar-refractivity contribution in [3.8, 4) is 0 Å². The van der Waals surface area contributed by atoms with Gasteiger partial charge in [-0.2, -0.15) is 0 Å². The first-order valence-corrected chi connectivity index (χ1v) is 8.43. The fourth-order valence-electron chi connectivity index (χ4n) is 3.42. The quantitative estimate of drug-likeness (QED) is 0.775. The Morgan fingerprint density at radius 2 is 2.17 bits per heavy atom. The van der Waals surface area contributed by atoms with Gasteiger partial charge in [0.2, 0.25) is 5.91 Å². The van der Waals surface area contributed by atoms with E-state index in [0.29, 0.717) is 18.8 Å². The number of para-hydroxylation sites is 1. The number of hydrogen-bond acceptors (Lipinski definition) is 3. The van der Waals surface area contributed by atoms with Crippen molar-refractivity contribution >= 4 is 22.7 Å². The Bertz CT molecular complexity index is 753. The standard InChI is InChI=1S/C18H24N4O2/c1-12-14-6-2-3-7-15(14)21-16(12)18(24)20-8-10-22-9-4-5-13(11-22)17(19)23/h2-3,6-7,13,21H,4-5,8-11H2,1H3,(H2,19,23)(H,20,24)/t13-/m1/s1. The van der Waals surface area contributed by atoms with Crippen LogP contribution in [0.1, 0.15) is 28.9 Å². The van der Waals surface area contributed by atoms with Crippen LogP contribution >= 0.6 is 0 Å². The van der Waals surface area contributed by atoms with Crippen LogP contribution in [0.5, 0.6) is 0 Å². The molecule has 1 aliphatic rings. The number of primary amides is 1. The van der Waals surface area contributed by atoms with E-state index < -0.39 is 0 Å². The predicted octanol–water partition coefficient (Wildman–Crippen LogP) is 1.40. The fourth-order valence-corrected chi connectivity index (χ4v) is 3.42. The Morgan fingerprint density at radius 1 is 1.38 bits per heavy atom. The number of rotatable bonds is 5. The summed E-state index contributed by atoms with van der Waals surface area (Å²) < 4.78 is 0. The number of aromatic amines is 1. The lowest BCUT2D eigenvalue weighted by Crippen LogP contribution is -2.44. The highest BCUT2D eigenvalue weighted by Gasteiger charge is 2.23. The summed E-state index contributed by atoms with van der Waals surface area (Å²) in [7, 11) is 0. The molecule has 2 aromatic rings. The van der Waals surface area contributed by atoms with E-state index in [1.54, 1.807) is 0 Å². The zero-order valence-electron chi connectivity index (χ0n) is 14.0. The van der Waals surface area contributed by atoms with Gasteiger partial charge >= 0.3 is 0 Å². The molecular weight excluding hydrogens is 304 g/mol. The van der Waals surface area contributed by atoms with Gasteiger partial charge in [0.05, 0.1) is 5.92 Å². The second kappa shape index (κ2) is 7.05. The van der Waals surface area contributed by atoms with E-state index in [1.807, 2.05) is 31.2 Å². The normalized spacial score (nSPS) is 18.6. The molecule has 0 radical (unpaired) electrons. The molecule has 0 aliphatic carbocycles. The molecule has 0 spiro atoms. The molecule has 3 rings (SSSR count). The Morgan fingerprint density at radius 3 is 2.92 bits per heavy atom. The summed E-state index contributed by atoms with van der Waals surface area (Å²) in [6.07, 6.45) is 1.84. The molecule has 0 bridgehead atoms. The molecule has 2 heterocycles. The molecule has 128 valence electrons. The van der Waals surface area contributed by atoms with Crippen molar-refractivity contribution in [2.24, 2.45) is 11.7 Å². The predicted molar refractivity (Wildman–Crippen MR) is 93.7 cm³/mol. The van der Waals surface area contributed by atoms with Gasteiger partial charge in [0.25, 0.3) is 5.91 Å². The van der Waals surface area contributed by atoms with E-state index in [-0.39, 0.29) is 17.7 Å². The largest absolute Gasteiger partial charge is 0.369 e. The van der Waals surface area contributed by atoms with Crippen LogP contribution in [0, 0.1) is 12.8 Å². The molecule has 1 saturated heterocycles. The van der Waals surface area contributed by atoms with Crippen molar-refractivity contribution in [3.63, 3.8) is 0 Å². The van der Waals surface area contributed by atoms with Crippen LogP contribution in [0.15, 0.2) is 24.3 Å². The highest BCUT2D eigenvalue weighted by molar-refractivity contribution is 6.00. The van der Waals surface area contributed by atoms with Crippen molar-refractivity contribution in [1.29, 1.82) is 0 Å². The van der Waals surface area contributed by atoms with Crippen molar-refractivity contribution in [2.45, 2.75) is 19.8 Å². The topological polar surface area (TPSA) is 91.2 Å². The molecule has 2 amide bonds. The Hall–Kier alpha value is -2.34. The number of aryl methyl sites for hydroxylation is 1. The molecule has 0 unspecified atom stereocenters. The van der Waals surface area contributed by atoms with Gasteiger partial charge in [0, 0.05) is 30.5 Å². The third-order valence-corrected chi connectivity index (χ3v) is 4.81. The molecule has 1 atom stereocenters. The number of amides is 2. The number of nitrogens with zero attached hydrogens (tertiary/aromatic N) is 1. The second-order valence-electron chi connectivity index (χ2n) is 6.47. The number of piperidine rings is 1. The lowest BCUT2D eigenvalue weighted by Gasteiger charge is -2.31. The zero-order chi connectivity index (χ0) is 17.1. The minimum atomic E-state index is -0.225. The molecule has 1 aromatic heterocycles. The van der Waals surface area contributed by atoms with Crippen LogP contribution in [0.3, 0.4) is 0 Å². The van der Waals surface area contributed by atoms with E-state index >= 15 is 0 Å². The molecule has 1 aliphatic heterocycles. The van der Waals surface area contributed by atoms with Crippen molar-refractivity contribution in [3.05, 3.63) is 35.5 Å². The number of likely N-dealkylation sites (tertiary alicyclic amines) is 1. The number of H-pyrrole nitrogens is 1. The molecule has 1 aromatic carbocycles. The lowest BCUT2D eigenvalue weighted by atomic mass is 9.97. The number of benzene rings is 1. The number of nitrogens with two attached hydrogens (primary N) is 1. The number of fused-ring (bicyclic) bond motifs is 1. The molecule has 6 heteroatoms. The van der Waals surface area contributed by atoms with Gasteiger partial charge in [-0.1, -0.05) is 18.2 Å². The summed E-state index contributed by atoms with van der Waals surface area (Å²) in [5.74, 6) is -0.380. The van der Waals surface area contributed by atoms with Gasteiger partial charge in [-0.15, -0.1) is 0 Å². The van der Waals surface area contributed by atoms with Gasteiger partial charge in [-0.05, 0) is 37.9 Å². The molecule has 4 N–H and O–H groups in total. The van der Waals surface area contributed by atoms with Gasteiger partial charge in [-0.3, -0.25) is 9.59 Å². The summed E-state index contributed by atoms with van der Waals surface area (Å²) in [5.41, 5.74) is 7.95. The number of aromatic nitrogens is 1. The third kappa shape index (κ3) is 3.43. The van der Waals surface area contributed by atoms with Crippen LogP contribution in [0.4, 0.5) is 0 Å². The first kappa shape index (κ1) is 16.5. The van der Waals surface area contributed by atoms with Gasteiger partial charge in [-0.25, -0.2) is 0 Å². The van der Waals surface area contributed by atoms with E-state index in [4.69, 9.17) is 5.73 Å². The molecule has 0 saturated carbocycles. The second-order valence-corrected chi connectivity index (χ2v) is 6.47. The SMILES string of the molecule is Cc1c(C(=O)NCCN2CCC[C@@H](C(N)=O)C2)[nH]c2ccccc12. The zero-order valence-corrected chi connectivity index (χ0v) is 14.0. The Balaban J connectivity index is 1.55. The summed E-state index contributed by atoms with van der Waals surface area (Å²) in [6.45, 7) is 4.88. The summed E-state index contributed by atoms with van der Waals surface area (Å²) >= 11 is 0. The maximum atomic E-state index is 12.4. The average molecular weight is 328 g/mol. The Kier molecular flexibility index (Phi) is 4.85. The van der Waals surface area contributed by atoms with E-state index in [2.05, 4.69) is 15.2 Å². The molecule has 6 nitrogen and oxygen atoms in total. The lowest BCUT2D eigenvalue weighted by molar-refractivity contribution is -0.123. The van der Waals surface area contributed by atoms with Crippen LogP contribution < -0.4 is 11.1 Å². The van der Waals surface area contributed by atoms with Crippen molar-refractivity contribution in [2.75, 3.05) is 26.2 Å². The minimum absolute atomic E-state index is 0.0644. The number of nitrogens with one attached hydrogen (secondary N) is 2. The van der Waals surface area contributed by atoms with Crippen LogP contribution in [-0.2, 0) is 4.79 Å². The van der Waals surface area contributed by atoms with Crippen LogP contribution in [0.25, 0.3) is 10.9 Å². The number of carbonyl (C=O) groups is 2. The summed E-state index contributed by atoms with van der Waals surface area (Å²) in [6, 6.07) is 7.90. The smallest absolute Gasteiger partial charge is 0.268 e. The van der Waals surface area contributed by atoms with Gasteiger partial charge in [0.15, 0.2) is 0 Å². The molecular formula is C18H24N4O2. The summed E-state index contributed by atoms with van der Waals surface area (Å²) in [4.78, 5) is 29.1. The monoisotopic (exact) mass is 328 g/mol. The van der Waals surface area contributed by atoms with Gasteiger partial charge < -0.3 is 20.9 Å². The van der Waals surface area contributed by atoms with Crippen molar-refractivity contribution < 1.29 is 9.59 Å². The molecule has 1 fully saturated rings. The Labute approximate surface area is 141 Å². The number of hydrogen-bond donors (Lipinski definition) is 3. The fraction of sp³-hybridized carbons (Fsp3) is 0.444. The first-order valence-electron chi connectivity index (χ1n) is 8.43. The van der Waals surface area contributed by atoms with E-state index in [1.165, 1.54) is 0 Å². The van der Waals surface area contributed by atoms with E-state index in [0.717, 1.165) is 42.4 Å².